The Balaban J connectivity index is 2.70. The van der Waals surface area contributed by atoms with Gasteiger partial charge in [-0.3, -0.25) is 4.57 Å². The highest BCUT2D eigenvalue weighted by molar-refractivity contribution is 7.97. The van der Waals surface area contributed by atoms with E-state index in [1.165, 1.54) is 0 Å². The van der Waals surface area contributed by atoms with E-state index < -0.39 is 22.9 Å². The van der Waals surface area contributed by atoms with Gasteiger partial charge in [0.1, 0.15) is 0 Å². The fraction of sp³-hybridized carbons (Fsp3) is 1.00. The molecule has 1 saturated heterocycles. The largest absolute Gasteiger partial charge is 0.380 e. The Morgan fingerprint density at radius 1 is 1.22 bits per heavy atom. The maximum atomic E-state index is 12.2. The lowest BCUT2D eigenvalue weighted by atomic mass is 9.92. The third-order valence-electron chi connectivity index (χ3n) is 2.48. The molecular formula is C10H21O6PS. The molecule has 1 aliphatic heterocycles. The van der Waals surface area contributed by atoms with E-state index in [4.69, 9.17) is 13.8 Å². The molecule has 0 bridgehead atoms. The van der Waals surface area contributed by atoms with Gasteiger partial charge in [0.25, 0.3) is 0 Å². The van der Waals surface area contributed by atoms with E-state index in [0.717, 1.165) is 0 Å². The highest BCUT2D eigenvalue weighted by Crippen LogP contribution is 2.49. The van der Waals surface area contributed by atoms with Gasteiger partial charge in [-0.2, -0.15) is 0 Å². The summed E-state index contributed by atoms with van der Waals surface area (Å²) in [5, 5.41) is 0. The zero-order valence-electron chi connectivity index (χ0n) is 11.0. The zero-order chi connectivity index (χ0) is 13.9. The first-order chi connectivity index (χ1) is 8.24. The normalized spacial score (nSPS) is 19.5. The molecule has 0 saturated carbocycles. The molecule has 1 rings (SSSR count). The SMILES string of the molecule is CCOP(=O)(CS(=O)(=O)CC1(C)COC1)OCC. The second-order valence-corrected chi connectivity index (χ2v) is 9.31. The summed E-state index contributed by atoms with van der Waals surface area (Å²) in [5.41, 5.74) is -0.931. The minimum absolute atomic E-state index is 0.0514. The maximum absolute atomic E-state index is 12.2. The van der Waals surface area contributed by atoms with Crippen LogP contribution in [0, 0.1) is 5.41 Å². The van der Waals surface area contributed by atoms with E-state index in [-0.39, 0.29) is 24.4 Å². The summed E-state index contributed by atoms with van der Waals surface area (Å²) in [5.74, 6) is -0.0514. The summed E-state index contributed by atoms with van der Waals surface area (Å²) >= 11 is 0. The molecular weight excluding hydrogens is 279 g/mol. The van der Waals surface area contributed by atoms with Crippen molar-refractivity contribution < 1.29 is 26.8 Å². The van der Waals surface area contributed by atoms with Crippen molar-refractivity contribution in [2.75, 3.05) is 37.7 Å². The first-order valence-corrected chi connectivity index (χ1v) is 9.45. The molecule has 0 aromatic carbocycles. The lowest BCUT2D eigenvalue weighted by Gasteiger charge is -2.37. The molecule has 0 aromatic rings. The molecule has 0 aliphatic carbocycles. The molecule has 1 fully saturated rings. The van der Waals surface area contributed by atoms with Gasteiger partial charge in [-0.25, -0.2) is 8.42 Å². The van der Waals surface area contributed by atoms with Gasteiger partial charge < -0.3 is 13.8 Å². The number of rotatable bonds is 8. The summed E-state index contributed by atoms with van der Waals surface area (Å²) < 4.78 is 51.2. The van der Waals surface area contributed by atoms with Gasteiger partial charge in [-0.1, -0.05) is 6.92 Å². The summed E-state index contributed by atoms with van der Waals surface area (Å²) in [4.78, 5) is 0. The van der Waals surface area contributed by atoms with Crippen LogP contribution in [0.2, 0.25) is 0 Å². The average Bonchev–Trinajstić information content (AvgIpc) is 2.13. The van der Waals surface area contributed by atoms with Gasteiger partial charge in [-0.05, 0) is 13.8 Å². The van der Waals surface area contributed by atoms with Crippen molar-refractivity contribution in [2.24, 2.45) is 5.41 Å². The van der Waals surface area contributed by atoms with E-state index in [2.05, 4.69) is 0 Å². The van der Waals surface area contributed by atoms with Crippen LogP contribution in [0.15, 0.2) is 0 Å². The molecule has 108 valence electrons. The molecule has 6 nitrogen and oxygen atoms in total. The van der Waals surface area contributed by atoms with Gasteiger partial charge in [0.15, 0.2) is 15.3 Å². The molecule has 0 radical (unpaired) electrons. The fourth-order valence-corrected chi connectivity index (χ4v) is 6.83. The average molecular weight is 300 g/mol. The summed E-state index contributed by atoms with van der Waals surface area (Å²) in [6.45, 7) is 6.29. The molecule has 0 aromatic heterocycles. The Labute approximate surface area is 108 Å². The van der Waals surface area contributed by atoms with Crippen molar-refractivity contribution in [2.45, 2.75) is 20.8 Å². The maximum Gasteiger partial charge on any atom is 0.345 e. The summed E-state index contributed by atoms with van der Waals surface area (Å²) in [6, 6.07) is 0. The Hall–Kier alpha value is 0.0600. The van der Waals surface area contributed by atoms with Crippen molar-refractivity contribution in [1.82, 2.24) is 0 Å². The van der Waals surface area contributed by atoms with Crippen molar-refractivity contribution in [3.05, 3.63) is 0 Å². The first-order valence-electron chi connectivity index (χ1n) is 5.90. The lowest BCUT2D eigenvalue weighted by Crippen LogP contribution is -2.45. The van der Waals surface area contributed by atoms with Gasteiger partial charge in [0, 0.05) is 5.41 Å². The first kappa shape index (κ1) is 16.1. The van der Waals surface area contributed by atoms with E-state index in [1.54, 1.807) is 13.8 Å². The predicted molar refractivity (Wildman–Crippen MR) is 68.4 cm³/mol. The van der Waals surface area contributed by atoms with Gasteiger partial charge in [0.2, 0.25) is 0 Å². The van der Waals surface area contributed by atoms with Crippen molar-refractivity contribution >= 4 is 17.4 Å². The topological polar surface area (TPSA) is 78.9 Å². The number of ether oxygens (including phenoxy) is 1. The summed E-state index contributed by atoms with van der Waals surface area (Å²) in [6.07, 6.45) is 0. The molecule has 0 spiro atoms. The molecule has 18 heavy (non-hydrogen) atoms. The lowest BCUT2D eigenvalue weighted by molar-refractivity contribution is -0.0869. The van der Waals surface area contributed by atoms with Crippen LogP contribution in [0.4, 0.5) is 0 Å². The van der Waals surface area contributed by atoms with Crippen molar-refractivity contribution in [3.8, 4) is 0 Å². The molecule has 8 heteroatoms. The molecule has 0 amide bonds. The van der Waals surface area contributed by atoms with Crippen LogP contribution in [-0.4, -0.2) is 46.1 Å². The van der Waals surface area contributed by atoms with Crippen LogP contribution in [0.25, 0.3) is 0 Å². The Morgan fingerprint density at radius 3 is 2.06 bits per heavy atom. The van der Waals surface area contributed by atoms with Crippen LogP contribution in [0.1, 0.15) is 20.8 Å². The Bertz CT molecular complexity index is 404. The third kappa shape index (κ3) is 4.63. The molecule has 0 atom stereocenters. The molecule has 0 unspecified atom stereocenters. The smallest absolute Gasteiger partial charge is 0.345 e. The van der Waals surface area contributed by atoms with E-state index in [0.29, 0.717) is 13.2 Å². The minimum Gasteiger partial charge on any atom is -0.380 e. The molecule has 0 N–H and O–H groups in total. The standard InChI is InChI=1S/C10H21O6PS/c1-4-15-17(11,16-5-2)9-18(12,13)8-10(3)6-14-7-10/h4-9H2,1-3H3. The minimum atomic E-state index is -3.54. The van der Waals surface area contributed by atoms with Gasteiger partial charge in [0.05, 0.1) is 32.2 Å². The molecule has 1 aliphatic rings. The highest BCUT2D eigenvalue weighted by atomic mass is 32.2. The monoisotopic (exact) mass is 300 g/mol. The Kier molecular flexibility index (Phi) is 5.38. The fourth-order valence-electron chi connectivity index (χ4n) is 1.86. The summed E-state index contributed by atoms with van der Waals surface area (Å²) in [7, 11) is -7.04. The number of hydrogen-bond donors (Lipinski definition) is 0. The molecule has 1 heterocycles. The van der Waals surface area contributed by atoms with Crippen molar-refractivity contribution in [1.29, 1.82) is 0 Å². The second kappa shape index (κ2) is 6.01. The predicted octanol–water partition coefficient (Wildman–Crippen LogP) is 1.66. The van der Waals surface area contributed by atoms with Crippen LogP contribution >= 0.6 is 7.60 Å². The van der Waals surface area contributed by atoms with Crippen molar-refractivity contribution in [3.63, 3.8) is 0 Å². The van der Waals surface area contributed by atoms with E-state index in [1.807, 2.05) is 6.92 Å². The van der Waals surface area contributed by atoms with Crippen LogP contribution < -0.4 is 0 Å². The zero-order valence-corrected chi connectivity index (χ0v) is 12.8. The third-order valence-corrected chi connectivity index (χ3v) is 7.75. The van der Waals surface area contributed by atoms with Gasteiger partial charge in [-0.15, -0.1) is 0 Å². The van der Waals surface area contributed by atoms with Crippen LogP contribution in [0.3, 0.4) is 0 Å². The second-order valence-electron chi connectivity index (χ2n) is 4.77. The number of sulfone groups is 1. The van der Waals surface area contributed by atoms with Crippen LogP contribution in [-0.2, 0) is 28.2 Å². The van der Waals surface area contributed by atoms with E-state index in [9.17, 15) is 13.0 Å². The van der Waals surface area contributed by atoms with Crippen LogP contribution in [0.5, 0.6) is 0 Å². The highest BCUT2D eigenvalue weighted by Gasteiger charge is 2.41. The van der Waals surface area contributed by atoms with Gasteiger partial charge >= 0.3 is 7.60 Å². The Morgan fingerprint density at radius 2 is 1.72 bits per heavy atom. The quantitative estimate of drug-likeness (QED) is 0.634. The number of hydrogen-bond acceptors (Lipinski definition) is 6. The van der Waals surface area contributed by atoms with E-state index >= 15 is 0 Å².